The molecule has 0 radical (unpaired) electrons. The molecule has 3 aromatic carbocycles. The maximum atomic E-state index is 13.1. The van der Waals surface area contributed by atoms with E-state index in [1.54, 1.807) is 30.3 Å². The Morgan fingerprint density at radius 3 is 2.09 bits per heavy atom. The predicted molar refractivity (Wildman–Crippen MR) is 102 cm³/mol. The van der Waals surface area contributed by atoms with E-state index in [1.165, 1.54) is 12.1 Å². The Labute approximate surface area is 176 Å². The van der Waals surface area contributed by atoms with Crippen molar-refractivity contribution in [1.82, 2.24) is 0 Å². The molecule has 32 heavy (non-hydrogen) atoms. The van der Waals surface area contributed by atoms with Crippen molar-refractivity contribution in [3.05, 3.63) is 66.2 Å². The average molecular weight is 459 g/mol. The highest BCUT2D eigenvalue weighted by molar-refractivity contribution is 5.92. The Morgan fingerprint density at radius 2 is 1.50 bits per heavy atom. The first-order chi connectivity index (χ1) is 14.8. The number of aliphatic hydroxyl groups is 1. The zero-order valence-corrected chi connectivity index (χ0v) is 16.0. The number of halogens is 6. The van der Waals surface area contributed by atoms with Crippen molar-refractivity contribution in [2.75, 3.05) is 11.9 Å². The molecule has 0 aliphatic rings. The molecule has 170 valence electrons. The summed E-state index contributed by atoms with van der Waals surface area (Å²) in [5.74, 6) is -1.83. The fraction of sp³-hybridized carbons (Fsp3) is 0.190. The third kappa shape index (κ3) is 4.42. The molecule has 0 aromatic heterocycles. The minimum Gasteiger partial charge on any atom is -0.508 e. The minimum absolute atomic E-state index is 0.0268. The number of rotatable bonds is 5. The molecule has 3 N–H and O–H groups in total. The van der Waals surface area contributed by atoms with Gasteiger partial charge >= 0.3 is 12.4 Å². The number of benzene rings is 3. The number of nitrogens with one attached hydrogen (secondary N) is 1. The number of carbonyl (C=O) groups is 1. The maximum absolute atomic E-state index is 13.1. The number of aromatic hydroxyl groups is 1. The SMILES string of the molecule is O=C(COc1ccc2cc(C(O)(C(F)(F)F)C(F)(F)F)c(O)cc2c1)Nc1ccccc1. The van der Waals surface area contributed by atoms with Crippen molar-refractivity contribution in [1.29, 1.82) is 0 Å². The highest BCUT2D eigenvalue weighted by Crippen LogP contribution is 2.52. The Bertz CT molecular complexity index is 1110. The van der Waals surface area contributed by atoms with Crippen molar-refractivity contribution in [2.24, 2.45) is 0 Å². The van der Waals surface area contributed by atoms with Crippen LogP contribution in [0, 0.1) is 0 Å². The molecule has 11 heteroatoms. The van der Waals surface area contributed by atoms with E-state index in [0.29, 0.717) is 17.8 Å². The highest BCUT2D eigenvalue weighted by Gasteiger charge is 2.72. The van der Waals surface area contributed by atoms with Crippen LogP contribution < -0.4 is 10.1 Å². The number of phenols is 1. The number of ether oxygens (including phenoxy) is 1. The molecular weight excluding hydrogens is 444 g/mol. The van der Waals surface area contributed by atoms with E-state index < -0.39 is 41.8 Å². The first-order valence-corrected chi connectivity index (χ1v) is 8.94. The lowest BCUT2D eigenvalue weighted by molar-refractivity contribution is -0.376. The normalized spacial score (nSPS) is 12.6. The van der Waals surface area contributed by atoms with Gasteiger partial charge in [0.05, 0.1) is 0 Å². The van der Waals surface area contributed by atoms with Crippen molar-refractivity contribution >= 4 is 22.4 Å². The second-order valence-electron chi connectivity index (χ2n) is 6.79. The van der Waals surface area contributed by atoms with E-state index in [4.69, 9.17) is 4.74 Å². The van der Waals surface area contributed by atoms with Gasteiger partial charge in [-0.05, 0) is 47.2 Å². The number of fused-ring (bicyclic) bond motifs is 1. The van der Waals surface area contributed by atoms with Gasteiger partial charge in [-0.3, -0.25) is 4.79 Å². The third-order valence-corrected chi connectivity index (χ3v) is 4.56. The zero-order valence-electron chi connectivity index (χ0n) is 16.0. The molecule has 0 aliphatic heterocycles. The lowest BCUT2D eigenvalue weighted by Crippen LogP contribution is -2.53. The first kappa shape index (κ1) is 23.2. The summed E-state index contributed by atoms with van der Waals surface area (Å²) >= 11 is 0. The minimum atomic E-state index is -6.13. The third-order valence-electron chi connectivity index (χ3n) is 4.56. The van der Waals surface area contributed by atoms with Gasteiger partial charge in [0.15, 0.2) is 6.61 Å². The standard InChI is InChI=1S/C21H15F6NO4/c22-20(23,24)19(31,21(25,26)27)16-9-12-6-7-15(8-13(12)10-17(16)29)32-11-18(30)28-14-4-2-1-3-5-14/h1-10,29,31H,11H2,(H,28,30). The lowest BCUT2D eigenvalue weighted by atomic mass is 9.89. The molecule has 0 aliphatic carbocycles. The van der Waals surface area contributed by atoms with Crippen LogP contribution in [0.5, 0.6) is 11.5 Å². The van der Waals surface area contributed by atoms with Crippen LogP contribution in [0.4, 0.5) is 32.0 Å². The Hall–Kier alpha value is -3.47. The zero-order chi connectivity index (χ0) is 23.7. The summed E-state index contributed by atoms with van der Waals surface area (Å²) in [7, 11) is 0. The molecule has 5 nitrogen and oxygen atoms in total. The summed E-state index contributed by atoms with van der Waals surface area (Å²) < 4.78 is 84.0. The topological polar surface area (TPSA) is 78.8 Å². The van der Waals surface area contributed by atoms with Gasteiger partial charge in [-0.25, -0.2) is 0 Å². The van der Waals surface area contributed by atoms with Crippen LogP contribution in [-0.2, 0) is 10.4 Å². The van der Waals surface area contributed by atoms with Crippen LogP contribution in [0.1, 0.15) is 5.56 Å². The second kappa shape index (κ2) is 8.23. The molecule has 3 rings (SSSR count). The lowest BCUT2D eigenvalue weighted by Gasteiger charge is -2.33. The van der Waals surface area contributed by atoms with Crippen LogP contribution in [-0.4, -0.2) is 35.1 Å². The number of carbonyl (C=O) groups excluding carboxylic acids is 1. The predicted octanol–water partition coefficient (Wildman–Crippen LogP) is 4.88. The first-order valence-electron chi connectivity index (χ1n) is 8.94. The molecule has 0 bridgehead atoms. The molecule has 0 saturated carbocycles. The van der Waals surface area contributed by atoms with Crippen molar-refractivity contribution in [2.45, 2.75) is 18.0 Å². The Balaban J connectivity index is 1.86. The van der Waals surface area contributed by atoms with Crippen LogP contribution in [0.2, 0.25) is 0 Å². The number of phenolic OH excluding ortho intramolecular Hbond substituents is 1. The number of alkyl halides is 6. The molecule has 0 fully saturated rings. The van der Waals surface area contributed by atoms with E-state index in [9.17, 15) is 41.4 Å². The Morgan fingerprint density at radius 1 is 0.875 bits per heavy atom. The number of amides is 1. The smallest absolute Gasteiger partial charge is 0.430 e. The van der Waals surface area contributed by atoms with E-state index >= 15 is 0 Å². The van der Waals surface area contributed by atoms with E-state index in [1.807, 2.05) is 0 Å². The molecule has 0 unspecified atom stereocenters. The molecule has 3 aromatic rings. The quantitative estimate of drug-likeness (QED) is 0.476. The monoisotopic (exact) mass is 459 g/mol. The van der Waals surface area contributed by atoms with Crippen molar-refractivity contribution in [3.8, 4) is 11.5 Å². The van der Waals surface area contributed by atoms with Crippen LogP contribution in [0.25, 0.3) is 10.8 Å². The maximum Gasteiger partial charge on any atom is 0.430 e. The number of hydrogen-bond donors (Lipinski definition) is 3. The van der Waals surface area contributed by atoms with Crippen LogP contribution in [0.3, 0.4) is 0 Å². The van der Waals surface area contributed by atoms with E-state index in [2.05, 4.69) is 5.32 Å². The second-order valence-corrected chi connectivity index (χ2v) is 6.79. The number of hydrogen-bond acceptors (Lipinski definition) is 4. The van der Waals surface area contributed by atoms with Gasteiger partial charge in [-0.2, -0.15) is 26.3 Å². The summed E-state index contributed by atoms with van der Waals surface area (Å²) in [6.45, 7) is -0.424. The van der Waals surface area contributed by atoms with Crippen LogP contribution >= 0.6 is 0 Å². The summed E-state index contributed by atoms with van der Waals surface area (Å²) in [5.41, 5.74) is -6.48. The summed E-state index contributed by atoms with van der Waals surface area (Å²) in [4.78, 5) is 11.9. The van der Waals surface area contributed by atoms with Gasteiger partial charge in [0, 0.05) is 11.3 Å². The van der Waals surface area contributed by atoms with Crippen molar-refractivity contribution < 1.29 is 46.1 Å². The van der Waals surface area contributed by atoms with Gasteiger partial charge in [-0.15, -0.1) is 0 Å². The molecule has 0 saturated heterocycles. The van der Waals surface area contributed by atoms with Gasteiger partial charge < -0.3 is 20.3 Å². The summed E-state index contributed by atoms with van der Waals surface area (Å²) in [6.07, 6.45) is -12.3. The largest absolute Gasteiger partial charge is 0.508 e. The number of para-hydroxylation sites is 1. The molecule has 0 atom stereocenters. The van der Waals surface area contributed by atoms with Crippen LogP contribution in [0.15, 0.2) is 60.7 Å². The fourth-order valence-electron chi connectivity index (χ4n) is 2.98. The summed E-state index contributed by atoms with van der Waals surface area (Å²) in [5, 5.41) is 21.9. The van der Waals surface area contributed by atoms with Gasteiger partial charge in [0.2, 0.25) is 0 Å². The van der Waals surface area contributed by atoms with Crippen molar-refractivity contribution in [3.63, 3.8) is 0 Å². The average Bonchev–Trinajstić information content (AvgIpc) is 2.70. The van der Waals surface area contributed by atoms with E-state index in [0.717, 1.165) is 6.07 Å². The molecule has 0 heterocycles. The molecular formula is C21H15F6NO4. The van der Waals surface area contributed by atoms with Gasteiger partial charge in [0.25, 0.3) is 11.5 Å². The van der Waals surface area contributed by atoms with Gasteiger partial charge in [0.1, 0.15) is 11.5 Å². The summed E-state index contributed by atoms with van der Waals surface area (Å²) in [6, 6.07) is 13.1. The molecule has 1 amide bonds. The highest BCUT2D eigenvalue weighted by atomic mass is 19.4. The van der Waals surface area contributed by atoms with Gasteiger partial charge in [-0.1, -0.05) is 24.3 Å². The van der Waals surface area contributed by atoms with E-state index in [-0.39, 0.29) is 16.5 Å². The Kier molecular flexibility index (Phi) is 5.96. The molecule has 0 spiro atoms. The fourth-order valence-corrected chi connectivity index (χ4v) is 2.98. The number of anilines is 1.